The van der Waals surface area contributed by atoms with Gasteiger partial charge in [-0.25, -0.2) is 8.42 Å². The number of sulfone groups is 1. The molecule has 0 amide bonds. The molecule has 1 heterocycles. The Morgan fingerprint density at radius 3 is 2.29 bits per heavy atom. The second kappa shape index (κ2) is 12.0. The molecule has 2 aromatic rings. The zero-order valence-corrected chi connectivity index (χ0v) is 19.8. The van der Waals surface area contributed by atoms with Crippen molar-refractivity contribution in [2.24, 2.45) is 4.99 Å². The van der Waals surface area contributed by atoms with Crippen molar-refractivity contribution >= 4 is 39.8 Å². The highest BCUT2D eigenvalue weighted by atomic mass is 127. The zero-order chi connectivity index (χ0) is 19.7. The summed E-state index contributed by atoms with van der Waals surface area (Å²) in [5, 5.41) is 6.57. The summed E-state index contributed by atoms with van der Waals surface area (Å²) in [7, 11) is -3.15. The third-order valence-electron chi connectivity index (χ3n) is 4.04. The Morgan fingerprint density at radius 2 is 1.71 bits per heavy atom. The molecule has 6 nitrogen and oxygen atoms in total. The Balaban J connectivity index is 0.00000392. The van der Waals surface area contributed by atoms with Gasteiger partial charge in [-0.15, -0.1) is 24.0 Å². The lowest BCUT2D eigenvalue weighted by molar-refractivity contribution is 0.602. The summed E-state index contributed by atoms with van der Waals surface area (Å²) in [6.45, 7) is 6.21. The van der Waals surface area contributed by atoms with Crippen molar-refractivity contribution in [1.82, 2.24) is 15.6 Å². The van der Waals surface area contributed by atoms with Crippen LogP contribution in [-0.4, -0.2) is 45.3 Å². The van der Waals surface area contributed by atoms with Crippen LogP contribution in [0, 0.1) is 6.92 Å². The molecule has 0 unspecified atom stereocenters. The number of benzene rings is 1. The number of aryl methyl sites for hydroxylation is 1. The van der Waals surface area contributed by atoms with Crippen LogP contribution in [-0.2, 0) is 22.7 Å². The SMILES string of the molecule is CCNC(=NCCc1ccc(S(C)(=O)=O)cc1)NCCc1ccc(C)nc1.I. The van der Waals surface area contributed by atoms with E-state index in [2.05, 4.69) is 26.7 Å². The number of aliphatic imine (C=N–C) groups is 1. The van der Waals surface area contributed by atoms with Crippen molar-refractivity contribution in [1.29, 1.82) is 0 Å². The molecule has 2 rings (SSSR count). The summed E-state index contributed by atoms with van der Waals surface area (Å²) in [4.78, 5) is 9.24. The lowest BCUT2D eigenvalue weighted by Gasteiger charge is -2.11. The number of hydrogen-bond donors (Lipinski definition) is 2. The summed E-state index contributed by atoms with van der Waals surface area (Å²) >= 11 is 0. The molecule has 2 N–H and O–H groups in total. The Bertz CT molecular complexity index is 851. The van der Waals surface area contributed by atoms with Gasteiger partial charge < -0.3 is 10.6 Å². The van der Waals surface area contributed by atoms with Crippen LogP contribution in [0.1, 0.15) is 23.7 Å². The van der Waals surface area contributed by atoms with Crippen LogP contribution < -0.4 is 10.6 Å². The van der Waals surface area contributed by atoms with Gasteiger partial charge in [-0.3, -0.25) is 9.98 Å². The average Bonchev–Trinajstić information content (AvgIpc) is 2.63. The molecule has 0 bridgehead atoms. The number of pyridine rings is 1. The van der Waals surface area contributed by atoms with Gasteiger partial charge in [-0.1, -0.05) is 18.2 Å². The molecule has 0 aliphatic carbocycles. The second-order valence-corrected chi connectivity index (χ2v) is 8.43. The minimum Gasteiger partial charge on any atom is -0.357 e. The zero-order valence-electron chi connectivity index (χ0n) is 16.6. The van der Waals surface area contributed by atoms with E-state index >= 15 is 0 Å². The highest BCUT2D eigenvalue weighted by molar-refractivity contribution is 14.0. The summed E-state index contributed by atoms with van der Waals surface area (Å²) in [5.41, 5.74) is 3.27. The van der Waals surface area contributed by atoms with Gasteiger partial charge in [-0.2, -0.15) is 0 Å². The third kappa shape index (κ3) is 8.55. The molecule has 0 spiro atoms. The highest BCUT2D eigenvalue weighted by Crippen LogP contribution is 2.10. The number of guanidine groups is 1. The van der Waals surface area contributed by atoms with Crippen molar-refractivity contribution in [2.45, 2.75) is 31.6 Å². The standard InChI is InChI=1S/C20H28N4O2S.HI/c1-4-21-20(23-14-12-18-6-5-16(2)24-15-18)22-13-11-17-7-9-19(10-8-17)27(3,25)26;/h5-10,15H,4,11-14H2,1-3H3,(H2,21,22,23);1H. The quantitative estimate of drug-likeness (QED) is 0.321. The minimum atomic E-state index is -3.15. The van der Waals surface area contributed by atoms with Crippen LogP contribution in [0.15, 0.2) is 52.5 Å². The van der Waals surface area contributed by atoms with E-state index in [-0.39, 0.29) is 24.0 Å². The smallest absolute Gasteiger partial charge is 0.191 e. The molecule has 0 atom stereocenters. The van der Waals surface area contributed by atoms with E-state index in [0.717, 1.165) is 43.1 Å². The van der Waals surface area contributed by atoms with Crippen molar-refractivity contribution in [3.63, 3.8) is 0 Å². The maximum absolute atomic E-state index is 11.5. The predicted molar refractivity (Wildman–Crippen MR) is 125 cm³/mol. The van der Waals surface area contributed by atoms with Crippen molar-refractivity contribution in [3.05, 3.63) is 59.4 Å². The molecule has 0 saturated carbocycles. The van der Waals surface area contributed by atoms with Gasteiger partial charge >= 0.3 is 0 Å². The fourth-order valence-corrected chi connectivity index (χ4v) is 3.14. The third-order valence-corrected chi connectivity index (χ3v) is 5.17. The molecular weight excluding hydrogens is 487 g/mol. The van der Waals surface area contributed by atoms with E-state index in [1.807, 2.05) is 38.2 Å². The largest absolute Gasteiger partial charge is 0.357 e. The molecule has 1 aromatic heterocycles. The molecule has 0 aliphatic rings. The van der Waals surface area contributed by atoms with Crippen LogP contribution in [0.4, 0.5) is 0 Å². The molecule has 154 valence electrons. The maximum atomic E-state index is 11.5. The van der Waals surface area contributed by atoms with Gasteiger partial charge in [0.25, 0.3) is 0 Å². The first-order chi connectivity index (χ1) is 12.9. The van der Waals surface area contributed by atoms with Crippen LogP contribution >= 0.6 is 24.0 Å². The number of nitrogens with zero attached hydrogens (tertiary/aromatic N) is 2. The molecule has 28 heavy (non-hydrogen) atoms. The lowest BCUT2D eigenvalue weighted by atomic mass is 10.1. The number of aromatic nitrogens is 1. The second-order valence-electron chi connectivity index (χ2n) is 6.41. The van der Waals surface area contributed by atoms with Gasteiger partial charge in [0, 0.05) is 37.8 Å². The Labute approximate surface area is 185 Å². The number of nitrogens with one attached hydrogen (secondary N) is 2. The first-order valence-corrected chi connectivity index (χ1v) is 11.0. The molecule has 8 heteroatoms. The fraction of sp³-hybridized carbons (Fsp3) is 0.400. The van der Waals surface area contributed by atoms with Crippen LogP contribution in [0.2, 0.25) is 0 Å². The Hall–Kier alpha value is -1.68. The van der Waals surface area contributed by atoms with E-state index < -0.39 is 9.84 Å². The minimum absolute atomic E-state index is 0. The van der Waals surface area contributed by atoms with E-state index in [4.69, 9.17) is 0 Å². The summed E-state index contributed by atoms with van der Waals surface area (Å²) in [5.74, 6) is 0.783. The molecule has 1 aromatic carbocycles. The number of halogens is 1. The molecule has 0 saturated heterocycles. The fourth-order valence-electron chi connectivity index (χ4n) is 2.51. The van der Waals surface area contributed by atoms with Gasteiger partial charge in [0.1, 0.15) is 0 Å². The van der Waals surface area contributed by atoms with Crippen molar-refractivity contribution in [2.75, 3.05) is 25.9 Å². The van der Waals surface area contributed by atoms with Crippen molar-refractivity contribution < 1.29 is 8.42 Å². The first-order valence-electron chi connectivity index (χ1n) is 9.11. The summed E-state index contributed by atoms with van der Waals surface area (Å²) in [6.07, 6.45) is 4.75. The van der Waals surface area contributed by atoms with Gasteiger partial charge in [0.2, 0.25) is 0 Å². The number of rotatable bonds is 8. The van der Waals surface area contributed by atoms with Crippen LogP contribution in [0.3, 0.4) is 0 Å². The van der Waals surface area contributed by atoms with Gasteiger partial charge in [0.15, 0.2) is 15.8 Å². The lowest BCUT2D eigenvalue weighted by Crippen LogP contribution is -2.38. The normalized spacial score (nSPS) is 11.6. The van der Waals surface area contributed by atoms with Gasteiger partial charge in [-0.05, 0) is 56.0 Å². The summed E-state index contributed by atoms with van der Waals surface area (Å²) in [6, 6.07) is 11.1. The molecular formula is C20H29IN4O2S. The van der Waals surface area contributed by atoms with E-state index in [1.165, 1.54) is 11.8 Å². The molecule has 0 radical (unpaired) electrons. The monoisotopic (exact) mass is 516 g/mol. The van der Waals surface area contributed by atoms with Gasteiger partial charge in [0.05, 0.1) is 4.90 Å². The highest BCUT2D eigenvalue weighted by Gasteiger charge is 2.06. The topological polar surface area (TPSA) is 83.5 Å². The summed E-state index contributed by atoms with van der Waals surface area (Å²) < 4.78 is 23.0. The predicted octanol–water partition coefficient (Wildman–Crippen LogP) is 2.75. The molecule has 0 aliphatic heterocycles. The van der Waals surface area contributed by atoms with Crippen molar-refractivity contribution in [3.8, 4) is 0 Å². The maximum Gasteiger partial charge on any atom is 0.191 e. The number of hydrogen-bond acceptors (Lipinski definition) is 4. The molecule has 0 fully saturated rings. The Morgan fingerprint density at radius 1 is 1.04 bits per heavy atom. The van der Waals surface area contributed by atoms with Crippen LogP contribution in [0.5, 0.6) is 0 Å². The van der Waals surface area contributed by atoms with E-state index in [9.17, 15) is 8.42 Å². The van der Waals surface area contributed by atoms with Crippen LogP contribution in [0.25, 0.3) is 0 Å². The van der Waals surface area contributed by atoms with E-state index in [0.29, 0.717) is 11.4 Å². The Kier molecular flexibility index (Phi) is 10.4. The van der Waals surface area contributed by atoms with E-state index in [1.54, 1.807) is 12.1 Å². The first kappa shape index (κ1) is 24.4. The average molecular weight is 516 g/mol.